The number of hydrogen-bond acceptors (Lipinski definition) is 3. The largest absolute Gasteiger partial charge is 0.508 e. The van der Waals surface area contributed by atoms with E-state index in [1.807, 2.05) is 54.8 Å². The normalized spacial score (nSPS) is 12.5. The van der Waals surface area contributed by atoms with Crippen LogP contribution in [-0.2, 0) is 0 Å². The van der Waals surface area contributed by atoms with E-state index < -0.39 is 6.10 Å². The Balaban J connectivity index is 2.08. The summed E-state index contributed by atoms with van der Waals surface area (Å²) in [6.45, 7) is 0. The zero-order chi connectivity index (χ0) is 14.8. The van der Waals surface area contributed by atoms with Gasteiger partial charge in [-0.25, -0.2) is 0 Å². The molecule has 3 heteroatoms. The molecule has 0 saturated carbocycles. The van der Waals surface area contributed by atoms with Gasteiger partial charge in [0.1, 0.15) is 11.9 Å². The van der Waals surface area contributed by atoms with Crippen LogP contribution in [0.1, 0.15) is 17.2 Å². The first-order valence-electron chi connectivity index (χ1n) is 6.72. The summed E-state index contributed by atoms with van der Waals surface area (Å²) in [5, 5.41) is 22.2. The minimum absolute atomic E-state index is 0.208. The molecule has 1 unspecified atom stereocenters. The van der Waals surface area contributed by atoms with Gasteiger partial charge in [-0.05, 0) is 52.4 Å². The van der Waals surface area contributed by atoms with Crippen LogP contribution in [0.3, 0.4) is 0 Å². The van der Waals surface area contributed by atoms with Gasteiger partial charge in [-0.15, -0.1) is 11.8 Å². The molecule has 21 heavy (non-hydrogen) atoms. The monoisotopic (exact) mass is 296 g/mol. The van der Waals surface area contributed by atoms with Crippen molar-refractivity contribution in [1.82, 2.24) is 0 Å². The van der Waals surface area contributed by atoms with Gasteiger partial charge in [0.15, 0.2) is 0 Å². The number of rotatable bonds is 3. The maximum absolute atomic E-state index is 10.7. The quantitative estimate of drug-likeness (QED) is 0.706. The topological polar surface area (TPSA) is 40.5 Å². The lowest BCUT2D eigenvalue weighted by Crippen LogP contribution is -2.00. The number of aliphatic hydroxyl groups excluding tert-OH is 1. The van der Waals surface area contributed by atoms with Gasteiger partial charge in [-0.1, -0.05) is 36.4 Å². The van der Waals surface area contributed by atoms with Crippen LogP contribution < -0.4 is 0 Å². The second-order valence-electron chi connectivity index (χ2n) is 4.93. The molecule has 1 atom stereocenters. The van der Waals surface area contributed by atoms with Crippen molar-refractivity contribution in [3.05, 3.63) is 71.8 Å². The molecule has 0 aliphatic heterocycles. The maximum atomic E-state index is 10.7. The van der Waals surface area contributed by atoms with Crippen molar-refractivity contribution in [2.75, 3.05) is 6.26 Å². The third kappa shape index (κ3) is 2.75. The fourth-order valence-electron chi connectivity index (χ4n) is 2.49. The highest BCUT2D eigenvalue weighted by atomic mass is 32.2. The van der Waals surface area contributed by atoms with E-state index >= 15 is 0 Å². The van der Waals surface area contributed by atoms with E-state index in [1.54, 1.807) is 23.9 Å². The van der Waals surface area contributed by atoms with E-state index in [0.29, 0.717) is 0 Å². The first kappa shape index (κ1) is 14.0. The highest BCUT2D eigenvalue weighted by Crippen LogP contribution is 2.31. The third-order valence-corrected chi connectivity index (χ3v) is 4.37. The van der Waals surface area contributed by atoms with Gasteiger partial charge in [0.25, 0.3) is 0 Å². The lowest BCUT2D eigenvalue weighted by Gasteiger charge is -2.15. The molecule has 0 aromatic heterocycles. The number of aliphatic hydroxyl groups is 1. The Hall–Kier alpha value is -1.97. The maximum Gasteiger partial charge on any atom is 0.116 e. The minimum atomic E-state index is -0.702. The molecule has 0 aliphatic carbocycles. The number of aromatic hydroxyl groups is 1. The standard InChI is InChI=1S/C18H16O2S/c1-21-15-9-6-13(7-10-15)18(20)16-4-2-3-12-5-8-14(19)11-17(12)16/h2-11,18-20H,1H3. The molecule has 0 amide bonds. The van der Waals surface area contributed by atoms with E-state index in [1.165, 1.54) is 4.90 Å². The highest BCUT2D eigenvalue weighted by molar-refractivity contribution is 7.98. The second kappa shape index (κ2) is 5.80. The first-order valence-corrected chi connectivity index (χ1v) is 7.95. The summed E-state index contributed by atoms with van der Waals surface area (Å²) in [5.41, 5.74) is 1.66. The van der Waals surface area contributed by atoms with Gasteiger partial charge in [0, 0.05) is 4.90 Å². The molecule has 3 rings (SSSR count). The van der Waals surface area contributed by atoms with Crippen LogP contribution in [0, 0.1) is 0 Å². The van der Waals surface area contributed by atoms with Crippen LogP contribution in [0.15, 0.2) is 65.6 Å². The number of thioether (sulfide) groups is 1. The predicted molar refractivity (Wildman–Crippen MR) is 87.9 cm³/mol. The van der Waals surface area contributed by atoms with Crippen molar-refractivity contribution in [3.8, 4) is 5.75 Å². The van der Waals surface area contributed by atoms with Crippen LogP contribution in [0.5, 0.6) is 5.75 Å². The minimum Gasteiger partial charge on any atom is -0.508 e. The Morgan fingerprint density at radius 3 is 2.43 bits per heavy atom. The average molecular weight is 296 g/mol. The lowest BCUT2D eigenvalue weighted by atomic mass is 9.96. The predicted octanol–water partition coefficient (Wildman–Crippen LogP) is 4.35. The second-order valence-corrected chi connectivity index (χ2v) is 5.81. The van der Waals surface area contributed by atoms with Gasteiger partial charge >= 0.3 is 0 Å². The zero-order valence-electron chi connectivity index (χ0n) is 11.7. The fourth-order valence-corrected chi connectivity index (χ4v) is 2.90. The third-order valence-electron chi connectivity index (χ3n) is 3.63. The van der Waals surface area contributed by atoms with Crippen molar-refractivity contribution in [2.24, 2.45) is 0 Å². The Bertz CT molecular complexity index is 766. The van der Waals surface area contributed by atoms with Crippen LogP contribution in [0.2, 0.25) is 0 Å². The van der Waals surface area contributed by atoms with Gasteiger partial charge in [0.2, 0.25) is 0 Å². The summed E-state index contributed by atoms with van der Waals surface area (Å²) in [5.74, 6) is 0.208. The summed E-state index contributed by atoms with van der Waals surface area (Å²) >= 11 is 1.67. The van der Waals surface area contributed by atoms with E-state index in [0.717, 1.165) is 21.9 Å². The molecule has 3 aromatic rings. The molecule has 2 N–H and O–H groups in total. The van der Waals surface area contributed by atoms with Crippen LogP contribution in [0.4, 0.5) is 0 Å². The SMILES string of the molecule is CSc1ccc(C(O)c2cccc3ccc(O)cc23)cc1. The number of benzene rings is 3. The molecule has 0 spiro atoms. The molecule has 0 fully saturated rings. The van der Waals surface area contributed by atoms with Gasteiger partial charge < -0.3 is 10.2 Å². The van der Waals surface area contributed by atoms with Crippen molar-refractivity contribution in [1.29, 1.82) is 0 Å². The number of phenolic OH excluding ortho intramolecular Hbond substituents is 1. The summed E-state index contributed by atoms with van der Waals surface area (Å²) in [4.78, 5) is 1.17. The molecule has 0 aliphatic rings. The number of fused-ring (bicyclic) bond motifs is 1. The zero-order valence-corrected chi connectivity index (χ0v) is 12.5. The molecule has 0 radical (unpaired) electrons. The smallest absolute Gasteiger partial charge is 0.116 e. The fraction of sp³-hybridized carbons (Fsp3) is 0.111. The molecule has 0 heterocycles. The summed E-state index contributed by atoms with van der Waals surface area (Å²) < 4.78 is 0. The summed E-state index contributed by atoms with van der Waals surface area (Å²) in [6, 6.07) is 18.9. The van der Waals surface area contributed by atoms with Crippen molar-refractivity contribution >= 4 is 22.5 Å². The van der Waals surface area contributed by atoms with E-state index in [2.05, 4.69) is 0 Å². The Kier molecular flexibility index (Phi) is 3.86. The van der Waals surface area contributed by atoms with E-state index in [-0.39, 0.29) is 5.75 Å². The van der Waals surface area contributed by atoms with Crippen molar-refractivity contribution in [2.45, 2.75) is 11.0 Å². The van der Waals surface area contributed by atoms with Crippen LogP contribution >= 0.6 is 11.8 Å². The molecular formula is C18H16O2S. The first-order chi connectivity index (χ1) is 10.2. The lowest BCUT2D eigenvalue weighted by molar-refractivity contribution is 0.222. The number of hydrogen-bond donors (Lipinski definition) is 2. The molecule has 2 nitrogen and oxygen atoms in total. The van der Waals surface area contributed by atoms with E-state index in [4.69, 9.17) is 0 Å². The Morgan fingerprint density at radius 2 is 1.71 bits per heavy atom. The van der Waals surface area contributed by atoms with Crippen molar-refractivity contribution < 1.29 is 10.2 Å². The molecule has 0 saturated heterocycles. The molecular weight excluding hydrogens is 280 g/mol. The summed E-state index contributed by atoms with van der Waals surface area (Å²) in [6.07, 6.45) is 1.32. The number of phenols is 1. The Morgan fingerprint density at radius 1 is 0.952 bits per heavy atom. The molecule has 0 bridgehead atoms. The molecule has 106 valence electrons. The average Bonchev–Trinajstić information content (AvgIpc) is 2.53. The van der Waals surface area contributed by atoms with E-state index in [9.17, 15) is 10.2 Å². The van der Waals surface area contributed by atoms with Gasteiger partial charge in [0.05, 0.1) is 0 Å². The highest BCUT2D eigenvalue weighted by Gasteiger charge is 2.13. The van der Waals surface area contributed by atoms with Crippen molar-refractivity contribution in [3.63, 3.8) is 0 Å². The molecule has 3 aromatic carbocycles. The Labute approximate surface area is 128 Å². The van der Waals surface area contributed by atoms with Gasteiger partial charge in [-0.2, -0.15) is 0 Å². The van der Waals surface area contributed by atoms with Crippen LogP contribution in [0.25, 0.3) is 10.8 Å². The summed E-state index contributed by atoms with van der Waals surface area (Å²) in [7, 11) is 0. The van der Waals surface area contributed by atoms with Gasteiger partial charge in [-0.3, -0.25) is 0 Å². The van der Waals surface area contributed by atoms with Crippen LogP contribution in [-0.4, -0.2) is 16.5 Å².